The second-order valence-electron chi connectivity index (χ2n) is 7.20. The second kappa shape index (κ2) is 9.37. The van der Waals surface area contributed by atoms with Crippen LogP contribution in [0.4, 0.5) is 11.4 Å². The van der Waals surface area contributed by atoms with Crippen molar-refractivity contribution < 1.29 is 14.3 Å². The molecule has 1 fully saturated rings. The van der Waals surface area contributed by atoms with Gasteiger partial charge in [-0.1, -0.05) is 48.5 Å². The van der Waals surface area contributed by atoms with E-state index in [1.54, 1.807) is 29.2 Å². The molecule has 1 saturated heterocycles. The van der Waals surface area contributed by atoms with Crippen molar-refractivity contribution in [2.75, 3.05) is 18.1 Å². The van der Waals surface area contributed by atoms with Crippen LogP contribution in [0.2, 0.25) is 0 Å². The number of rotatable bonds is 6. The van der Waals surface area contributed by atoms with Crippen LogP contribution in [0, 0.1) is 0 Å². The van der Waals surface area contributed by atoms with Gasteiger partial charge in [-0.3, -0.25) is 14.5 Å². The average Bonchev–Trinajstić information content (AvgIpc) is 3.33. The Balaban J connectivity index is 1.64. The summed E-state index contributed by atoms with van der Waals surface area (Å²) in [6, 6.07) is 25.8. The first-order valence-electron chi connectivity index (χ1n) is 10.2. The smallest absolute Gasteiger partial charge is 0.263 e. The molecule has 5 heteroatoms. The summed E-state index contributed by atoms with van der Waals surface area (Å²) in [5, 5.41) is 2.92. The molecular weight excluding hydrogens is 376 g/mol. The highest BCUT2D eigenvalue weighted by molar-refractivity contribution is 6.16. The lowest BCUT2D eigenvalue weighted by Gasteiger charge is -2.24. The number of amides is 2. The van der Waals surface area contributed by atoms with E-state index in [4.69, 9.17) is 4.74 Å². The first-order valence-corrected chi connectivity index (χ1v) is 10.2. The van der Waals surface area contributed by atoms with Crippen molar-refractivity contribution in [1.82, 2.24) is 5.32 Å². The third-order valence-corrected chi connectivity index (χ3v) is 5.15. The molecule has 3 aromatic carbocycles. The van der Waals surface area contributed by atoms with Crippen molar-refractivity contribution in [3.05, 3.63) is 96.1 Å². The van der Waals surface area contributed by atoms with E-state index in [0.29, 0.717) is 17.7 Å². The first-order chi connectivity index (χ1) is 14.7. The zero-order chi connectivity index (χ0) is 20.8. The molecule has 3 aromatic rings. The predicted octanol–water partition coefficient (Wildman–Crippen LogP) is 4.57. The van der Waals surface area contributed by atoms with Crippen LogP contribution in [0.3, 0.4) is 0 Å². The number of anilines is 2. The molecule has 1 aliphatic heterocycles. The Morgan fingerprint density at radius 2 is 1.40 bits per heavy atom. The molecule has 0 aliphatic carbocycles. The van der Waals surface area contributed by atoms with Gasteiger partial charge >= 0.3 is 0 Å². The van der Waals surface area contributed by atoms with E-state index in [2.05, 4.69) is 5.32 Å². The maximum Gasteiger partial charge on any atom is 0.263 e. The summed E-state index contributed by atoms with van der Waals surface area (Å²) in [6.45, 7) is 1.18. The van der Waals surface area contributed by atoms with Gasteiger partial charge in [-0.25, -0.2) is 0 Å². The fraction of sp³-hybridized carbons (Fsp3) is 0.200. The van der Waals surface area contributed by atoms with E-state index in [-0.39, 0.29) is 17.9 Å². The number of carbonyl (C=O) groups is 2. The summed E-state index contributed by atoms with van der Waals surface area (Å²) >= 11 is 0. The van der Waals surface area contributed by atoms with Crippen molar-refractivity contribution >= 4 is 23.2 Å². The number of ether oxygens (including phenoxy) is 1. The molecule has 0 saturated carbocycles. The molecule has 4 rings (SSSR count). The summed E-state index contributed by atoms with van der Waals surface area (Å²) in [5.41, 5.74) is 2.19. The molecule has 1 atom stereocenters. The van der Waals surface area contributed by atoms with E-state index >= 15 is 0 Å². The molecule has 1 aliphatic rings. The predicted molar refractivity (Wildman–Crippen MR) is 117 cm³/mol. The monoisotopic (exact) mass is 400 g/mol. The van der Waals surface area contributed by atoms with Gasteiger partial charge in [0.25, 0.3) is 11.8 Å². The summed E-state index contributed by atoms with van der Waals surface area (Å²) in [7, 11) is 0. The number of nitrogens with zero attached hydrogens (tertiary/aromatic N) is 1. The molecule has 1 N–H and O–H groups in total. The third-order valence-electron chi connectivity index (χ3n) is 5.15. The Hall–Kier alpha value is -3.44. The van der Waals surface area contributed by atoms with Crippen LogP contribution in [0.15, 0.2) is 84.9 Å². The van der Waals surface area contributed by atoms with Gasteiger partial charge in [0.15, 0.2) is 0 Å². The van der Waals surface area contributed by atoms with Crippen molar-refractivity contribution in [1.29, 1.82) is 0 Å². The quantitative estimate of drug-likeness (QED) is 0.659. The average molecular weight is 400 g/mol. The van der Waals surface area contributed by atoms with Crippen molar-refractivity contribution in [2.24, 2.45) is 0 Å². The molecule has 0 unspecified atom stereocenters. The van der Waals surface area contributed by atoms with Crippen LogP contribution in [0.1, 0.15) is 33.6 Å². The minimum atomic E-state index is -0.268. The highest BCUT2D eigenvalue weighted by atomic mass is 16.5. The van der Waals surface area contributed by atoms with Gasteiger partial charge in [0.1, 0.15) is 0 Å². The lowest BCUT2D eigenvalue weighted by atomic mass is 10.0. The Morgan fingerprint density at radius 1 is 0.833 bits per heavy atom. The number of carbonyl (C=O) groups excluding carboxylic acids is 2. The van der Waals surface area contributed by atoms with Gasteiger partial charge in [0.05, 0.1) is 17.2 Å². The van der Waals surface area contributed by atoms with Gasteiger partial charge in [-0.2, -0.15) is 0 Å². The number of hydrogen-bond donors (Lipinski definition) is 1. The molecule has 30 heavy (non-hydrogen) atoms. The van der Waals surface area contributed by atoms with Gasteiger partial charge < -0.3 is 10.1 Å². The minimum Gasteiger partial charge on any atom is -0.376 e. The Bertz CT molecular complexity index is 960. The Labute approximate surface area is 176 Å². The summed E-state index contributed by atoms with van der Waals surface area (Å²) in [6.07, 6.45) is 2.00. The molecule has 152 valence electrons. The maximum atomic E-state index is 13.7. The van der Waals surface area contributed by atoms with Crippen molar-refractivity contribution in [2.45, 2.75) is 18.9 Å². The number of nitrogens with one attached hydrogen (secondary N) is 1. The molecule has 0 radical (unpaired) electrons. The van der Waals surface area contributed by atoms with Gasteiger partial charge in [-0.05, 0) is 49.2 Å². The number of hydrogen-bond acceptors (Lipinski definition) is 3. The summed E-state index contributed by atoms with van der Waals surface area (Å²) in [4.78, 5) is 28.2. The zero-order valence-electron chi connectivity index (χ0n) is 16.7. The minimum absolute atomic E-state index is 0.0435. The van der Waals surface area contributed by atoms with Crippen molar-refractivity contribution in [3.8, 4) is 0 Å². The maximum absolute atomic E-state index is 13.7. The fourth-order valence-corrected chi connectivity index (χ4v) is 3.63. The third kappa shape index (κ3) is 4.42. The van der Waals surface area contributed by atoms with E-state index in [1.165, 1.54) is 0 Å². The SMILES string of the molecule is O=C(NC[C@@H]1CCCO1)c1ccccc1C(=O)N(c1ccccc1)c1ccccc1. The topological polar surface area (TPSA) is 58.6 Å². The second-order valence-corrected chi connectivity index (χ2v) is 7.20. The van der Waals surface area contributed by atoms with E-state index < -0.39 is 0 Å². The molecule has 0 spiro atoms. The molecule has 0 bridgehead atoms. The molecular formula is C25H24N2O3. The lowest BCUT2D eigenvalue weighted by molar-refractivity contribution is 0.0852. The van der Waals surface area contributed by atoms with Gasteiger partial charge in [-0.15, -0.1) is 0 Å². The van der Waals surface area contributed by atoms with E-state index in [0.717, 1.165) is 30.8 Å². The van der Waals surface area contributed by atoms with E-state index in [9.17, 15) is 9.59 Å². The van der Waals surface area contributed by atoms with Crippen LogP contribution >= 0.6 is 0 Å². The standard InChI is InChI=1S/C25H24N2O3/c28-24(26-18-21-14-9-17-30-21)22-15-7-8-16-23(22)25(29)27(19-10-3-1-4-11-19)20-12-5-2-6-13-20/h1-8,10-13,15-16,21H,9,14,17-18H2,(H,26,28)/t21-/m0/s1. The molecule has 0 aromatic heterocycles. The molecule has 2 amide bonds. The highest BCUT2D eigenvalue weighted by Crippen LogP contribution is 2.28. The number of para-hydroxylation sites is 2. The van der Waals surface area contributed by atoms with Crippen LogP contribution in [-0.4, -0.2) is 31.1 Å². The normalized spacial score (nSPS) is 15.5. The van der Waals surface area contributed by atoms with Gasteiger partial charge in [0, 0.05) is 24.5 Å². The number of benzene rings is 3. The van der Waals surface area contributed by atoms with Crippen LogP contribution in [-0.2, 0) is 4.74 Å². The van der Waals surface area contributed by atoms with Crippen molar-refractivity contribution in [3.63, 3.8) is 0 Å². The molecule has 5 nitrogen and oxygen atoms in total. The highest BCUT2D eigenvalue weighted by Gasteiger charge is 2.25. The molecule has 1 heterocycles. The Morgan fingerprint density at radius 3 is 1.97 bits per heavy atom. The zero-order valence-corrected chi connectivity index (χ0v) is 16.7. The lowest BCUT2D eigenvalue weighted by Crippen LogP contribution is -2.34. The Kier molecular flexibility index (Phi) is 6.20. The van der Waals surface area contributed by atoms with Crippen LogP contribution in [0.5, 0.6) is 0 Å². The summed E-state index contributed by atoms with van der Waals surface area (Å²) in [5.74, 6) is -0.522. The van der Waals surface area contributed by atoms with Gasteiger partial charge in [0.2, 0.25) is 0 Å². The first kappa shape index (κ1) is 19.9. The summed E-state index contributed by atoms with van der Waals surface area (Å²) < 4.78 is 5.58. The largest absolute Gasteiger partial charge is 0.376 e. The van der Waals surface area contributed by atoms with E-state index in [1.807, 2.05) is 60.7 Å². The fourth-order valence-electron chi connectivity index (χ4n) is 3.63. The van der Waals surface area contributed by atoms with Crippen LogP contribution in [0.25, 0.3) is 0 Å². The van der Waals surface area contributed by atoms with Crippen LogP contribution < -0.4 is 10.2 Å².